The van der Waals surface area contributed by atoms with Crippen molar-refractivity contribution in [3.05, 3.63) is 0 Å². The van der Waals surface area contributed by atoms with Crippen molar-refractivity contribution in [3.8, 4) is 0 Å². The number of esters is 1. The van der Waals surface area contributed by atoms with Gasteiger partial charge in [-0.05, 0) is 34.6 Å². The van der Waals surface area contributed by atoms with Crippen molar-refractivity contribution in [3.63, 3.8) is 0 Å². The van der Waals surface area contributed by atoms with Crippen LogP contribution in [0.2, 0.25) is 0 Å². The fourth-order valence-corrected chi connectivity index (χ4v) is 0.780. The van der Waals surface area contributed by atoms with Crippen molar-refractivity contribution >= 4 is 11.8 Å². The molecular formula is C11H20O4. The average molecular weight is 216 g/mol. The molecule has 0 amide bonds. The first-order valence-electron chi connectivity index (χ1n) is 5.06. The summed E-state index contributed by atoms with van der Waals surface area (Å²) in [7, 11) is 0. The molecule has 0 aromatic carbocycles. The molecule has 0 heterocycles. The quantitative estimate of drug-likeness (QED) is 0.656. The zero-order valence-corrected chi connectivity index (χ0v) is 10.1. The van der Waals surface area contributed by atoms with E-state index >= 15 is 0 Å². The summed E-state index contributed by atoms with van der Waals surface area (Å²) in [5, 5.41) is 0. The number of hydrogen-bond donors (Lipinski definition) is 0. The van der Waals surface area contributed by atoms with Gasteiger partial charge in [-0.15, -0.1) is 0 Å². The largest absolute Gasteiger partial charge is 0.455 e. The minimum absolute atomic E-state index is 0.153. The summed E-state index contributed by atoms with van der Waals surface area (Å²) in [5.74, 6) is -0.554. The van der Waals surface area contributed by atoms with Crippen molar-refractivity contribution in [1.29, 1.82) is 0 Å². The van der Waals surface area contributed by atoms with Crippen molar-refractivity contribution in [2.24, 2.45) is 0 Å². The maximum Gasteiger partial charge on any atom is 0.308 e. The standard InChI is InChI=1S/C11H20O4/c1-8(12)9(2)15-10(13)6-7-14-11(3,4)5/h9H,6-7H2,1-5H3. The molecule has 0 aliphatic carbocycles. The molecule has 0 aliphatic heterocycles. The summed E-state index contributed by atoms with van der Waals surface area (Å²) < 4.78 is 10.2. The summed E-state index contributed by atoms with van der Waals surface area (Å²) in [4.78, 5) is 22.0. The van der Waals surface area contributed by atoms with E-state index in [4.69, 9.17) is 9.47 Å². The number of carbonyl (C=O) groups is 2. The van der Waals surface area contributed by atoms with Gasteiger partial charge in [-0.1, -0.05) is 0 Å². The van der Waals surface area contributed by atoms with E-state index < -0.39 is 12.1 Å². The minimum atomic E-state index is -0.660. The Labute approximate surface area is 90.9 Å². The highest BCUT2D eigenvalue weighted by Gasteiger charge is 2.15. The summed E-state index contributed by atoms with van der Waals surface area (Å²) in [6.45, 7) is 9.00. The predicted octanol–water partition coefficient (Wildman–Crippen LogP) is 1.71. The molecule has 4 nitrogen and oxygen atoms in total. The predicted molar refractivity (Wildman–Crippen MR) is 56.6 cm³/mol. The van der Waals surface area contributed by atoms with Gasteiger partial charge in [0, 0.05) is 0 Å². The number of hydrogen-bond acceptors (Lipinski definition) is 4. The molecular weight excluding hydrogens is 196 g/mol. The Hall–Kier alpha value is -0.900. The van der Waals surface area contributed by atoms with Crippen molar-refractivity contribution in [2.45, 2.75) is 52.7 Å². The summed E-state index contributed by atoms with van der Waals surface area (Å²) in [6, 6.07) is 0. The Morgan fingerprint density at radius 1 is 1.27 bits per heavy atom. The molecule has 0 N–H and O–H groups in total. The first-order chi connectivity index (χ1) is 6.72. The second-order valence-electron chi connectivity index (χ2n) is 4.45. The van der Waals surface area contributed by atoms with Gasteiger partial charge in [0.05, 0.1) is 18.6 Å². The molecule has 0 saturated carbocycles. The zero-order chi connectivity index (χ0) is 12.1. The van der Waals surface area contributed by atoms with E-state index in [1.807, 2.05) is 20.8 Å². The molecule has 0 rings (SSSR count). The maximum absolute atomic E-state index is 11.2. The third kappa shape index (κ3) is 8.12. The lowest BCUT2D eigenvalue weighted by Crippen LogP contribution is -2.25. The first-order valence-corrected chi connectivity index (χ1v) is 5.06. The lowest BCUT2D eigenvalue weighted by atomic mass is 10.2. The molecule has 0 aliphatic rings. The molecule has 15 heavy (non-hydrogen) atoms. The summed E-state index contributed by atoms with van der Waals surface area (Å²) >= 11 is 0. The van der Waals surface area contributed by atoms with E-state index in [-0.39, 0.29) is 17.8 Å². The van der Waals surface area contributed by atoms with Crippen LogP contribution in [0.3, 0.4) is 0 Å². The molecule has 0 aromatic rings. The highest BCUT2D eigenvalue weighted by molar-refractivity contribution is 5.83. The number of ether oxygens (including phenoxy) is 2. The molecule has 1 unspecified atom stereocenters. The minimum Gasteiger partial charge on any atom is -0.455 e. The Morgan fingerprint density at radius 3 is 2.20 bits per heavy atom. The van der Waals surface area contributed by atoms with Crippen LogP contribution in [0.5, 0.6) is 0 Å². The second-order valence-corrected chi connectivity index (χ2v) is 4.45. The van der Waals surface area contributed by atoms with Crippen molar-refractivity contribution in [2.75, 3.05) is 6.61 Å². The number of rotatable bonds is 5. The van der Waals surface area contributed by atoms with Gasteiger partial charge in [-0.25, -0.2) is 0 Å². The second kappa shape index (κ2) is 5.85. The van der Waals surface area contributed by atoms with Crippen LogP contribution in [0.25, 0.3) is 0 Å². The van der Waals surface area contributed by atoms with Gasteiger partial charge < -0.3 is 9.47 Å². The van der Waals surface area contributed by atoms with Gasteiger partial charge in [0.15, 0.2) is 11.9 Å². The molecule has 0 fully saturated rings. The fourth-order valence-electron chi connectivity index (χ4n) is 0.780. The highest BCUT2D eigenvalue weighted by Crippen LogP contribution is 2.07. The molecule has 1 atom stereocenters. The van der Waals surface area contributed by atoms with Crippen LogP contribution < -0.4 is 0 Å². The maximum atomic E-state index is 11.2. The van der Waals surface area contributed by atoms with E-state index in [1.165, 1.54) is 6.92 Å². The lowest BCUT2D eigenvalue weighted by Gasteiger charge is -2.19. The molecule has 88 valence electrons. The van der Waals surface area contributed by atoms with Crippen LogP contribution in [0.1, 0.15) is 41.0 Å². The molecule has 4 heteroatoms. The Bertz CT molecular complexity index is 227. The Kier molecular flexibility index (Phi) is 5.50. The van der Waals surface area contributed by atoms with Gasteiger partial charge in [-0.3, -0.25) is 9.59 Å². The van der Waals surface area contributed by atoms with Crippen LogP contribution >= 0.6 is 0 Å². The SMILES string of the molecule is CC(=O)C(C)OC(=O)CCOC(C)(C)C. The topological polar surface area (TPSA) is 52.6 Å². The first kappa shape index (κ1) is 14.1. The molecule has 0 bridgehead atoms. The molecule has 0 spiro atoms. The summed E-state index contributed by atoms with van der Waals surface area (Å²) in [6.07, 6.45) is -0.485. The van der Waals surface area contributed by atoms with Gasteiger partial charge in [0.25, 0.3) is 0 Å². The van der Waals surface area contributed by atoms with Crippen LogP contribution in [0, 0.1) is 0 Å². The average Bonchev–Trinajstić information content (AvgIpc) is 2.01. The van der Waals surface area contributed by atoms with Crippen LogP contribution in [0.15, 0.2) is 0 Å². The van der Waals surface area contributed by atoms with E-state index in [0.29, 0.717) is 6.61 Å². The van der Waals surface area contributed by atoms with Crippen LogP contribution in [-0.4, -0.2) is 30.1 Å². The third-order valence-electron chi connectivity index (χ3n) is 1.72. The fraction of sp³-hybridized carbons (Fsp3) is 0.818. The number of Topliss-reactive ketones (excluding diaryl/α,β-unsaturated/α-hetero) is 1. The smallest absolute Gasteiger partial charge is 0.308 e. The zero-order valence-electron chi connectivity index (χ0n) is 10.1. The van der Waals surface area contributed by atoms with E-state index in [2.05, 4.69) is 0 Å². The third-order valence-corrected chi connectivity index (χ3v) is 1.72. The van der Waals surface area contributed by atoms with Gasteiger partial charge in [0.1, 0.15) is 0 Å². The van der Waals surface area contributed by atoms with Gasteiger partial charge >= 0.3 is 5.97 Å². The van der Waals surface area contributed by atoms with E-state index in [9.17, 15) is 9.59 Å². The van der Waals surface area contributed by atoms with Crippen molar-refractivity contribution < 1.29 is 19.1 Å². The Balaban J connectivity index is 3.72. The lowest BCUT2D eigenvalue weighted by molar-refractivity contribution is -0.155. The summed E-state index contributed by atoms with van der Waals surface area (Å²) in [5.41, 5.74) is -0.257. The normalized spacial score (nSPS) is 13.4. The van der Waals surface area contributed by atoms with E-state index in [0.717, 1.165) is 0 Å². The van der Waals surface area contributed by atoms with Gasteiger partial charge in [0.2, 0.25) is 0 Å². The monoisotopic (exact) mass is 216 g/mol. The van der Waals surface area contributed by atoms with E-state index in [1.54, 1.807) is 6.92 Å². The molecule has 0 aromatic heterocycles. The Morgan fingerprint density at radius 2 is 1.80 bits per heavy atom. The van der Waals surface area contributed by atoms with Crippen LogP contribution in [0.4, 0.5) is 0 Å². The van der Waals surface area contributed by atoms with Crippen molar-refractivity contribution in [1.82, 2.24) is 0 Å². The van der Waals surface area contributed by atoms with Gasteiger partial charge in [-0.2, -0.15) is 0 Å². The number of carbonyl (C=O) groups excluding carboxylic acids is 2. The molecule has 0 radical (unpaired) electrons. The highest BCUT2D eigenvalue weighted by atomic mass is 16.5. The number of ketones is 1. The van der Waals surface area contributed by atoms with Crippen LogP contribution in [-0.2, 0) is 19.1 Å². The molecule has 0 saturated heterocycles.